The van der Waals surface area contributed by atoms with Crippen LogP contribution < -0.4 is 9.04 Å². The summed E-state index contributed by atoms with van der Waals surface area (Å²) in [5, 5.41) is 20.4. The van der Waals surface area contributed by atoms with Gasteiger partial charge in [-0.3, -0.25) is 0 Å². The van der Waals surface area contributed by atoms with Gasteiger partial charge in [-0.2, -0.15) is 0 Å². The van der Waals surface area contributed by atoms with Crippen molar-refractivity contribution in [3.8, 4) is 39.3 Å². The third-order valence-corrected chi connectivity index (χ3v) is 8.94. The molecule has 0 bridgehead atoms. The zero-order valence-corrected chi connectivity index (χ0v) is 31.0. The van der Waals surface area contributed by atoms with Crippen molar-refractivity contribution in [2.24, 2.45) is 0 Å². The van der Waals surface area contributed by atoms with Crippen molar-refractivity contribution in [2.75, 3.05) is 17.7 Å². The third kappa shape index (κ3) is 9.13. The van der Waals surface area contributed by atoms with E-state index in [1.807, 2.05) is 36.4 Å². The summed E-state index contributed by atoms with van der Waals surface area (Å²) in [7, 11) is 1.00. The number of benzene rings is 4. The number of carbonyl (C=O) groups excluding carboxylic acids is 1. The normalized spacial score (nSPS) is 11.8. The molecule has 4 aromatic carbocycles. The number of aliphatic hydroxyl groups excluding tert-OH is 1. The Labute approximate surface area is 299 Å². The van der Waals surface area contributed by atoms with E-state index in [0.717, 1.165) is 59.2 Å². The molecule has 0 unspecified atom stereocenters. The molecular formula is C40H45ClN2O5S. The Hall–Kier alpha value is -4.08. The molecule has 0 spiro atoms. The molecule has 0 saturated carbocycles. The van der Waals surface area contributed by atoms with E-state index in [1.165, 1.54) is 33.5 Å². The van der Waals surface area contributed by atoms with Gasteiger partial charge in [0.2, 0.25) is 0 Å². The van der Waals surface area contributed by atoms with Crippen LogP contribution >= 0.6 is 23.5 Å². The minimum Gasteiger partial charge on any atom is -0.486 e. The van der Waals surface area contributed by atoms with E-state index in [-0.39, 0.29) is 6.61 Å². The number of carbonyl (C=O) groups is 1. The molecule has 0 aliphatic carbocycles. The van der Waals surface area contributed by atoms with Gasteiger partial charge >= 0.3 is 0 Å². The Morgan fingerprint density at radius 3 is 2.18 bits per heavy atom. The van der Waals surface area contributed by atoms with Gasteiger partial charge in [0.25, 0.3) is 0 Å². The Morgan fingerprint density at radius 2 is 1.57 bits per heavy atom. The SMILES string of the molecule is CC(C)(C)O.CO.CSN1Cc2cc(OCc3cc(-c4ccc(Cl)cc4)no3)ccc2-c2c(C)c(-c3ccc(C)cc3)c(CC=O)c(C)c21. The number of ether oxygens (including phenoxy) is 1. The fraction of sp³-hybridized carbons (Fsp3) is 0.300. The lowest BCUT2D eigenvalue weighted by atomic mass is 9.81. The second-order valence-corrected chi connectivity index (χ2v) is 14.0. The van der Waals surface area contributed by atoms with Crippen molar-refractivity contribution in [3.05, 3.63) is 111 Å². The van der Waals surface area contributed by atoms with Crippen LogP contribution in [0.25, 0.3) is 33.5 Å². The second kappa shape index (κ2) is 16.5. The molecule has 0 amide bonds. The number of aliphatic hydroxyl groups is 2. The van der Waals surface area contributed by atoms with Crippen LogP contribution in [0.1, 0.15) is 54.3 Å². The van der Waals surface area contributed by atoms with Gasteiger partial charge in [-0.25, -0.2) is 0 Å². The van der Waals surface area contributed by atoms with Crippen LogP contribution in [0, 0.1) is 20.8 Å². The summed E-state index contributed by atoms with van der Waals surface area (Å²) in [5.74, 6) is 1.42. The molecule has 1 aliphatic rings. The number of aromatic nitrogens is 1. The van der Waals surface area contributed by atoms with Crippen molar-refractivity contribution in [1.82, 2.24) is 5.16 Å². The summed E-state index contributed by atoms with van der Waals surface area (Å²) in [5.41, 5.74) is 12.9. The average molecular weight is 701 g/mol. The highest BCUT2D eigenvalue weighted by Crippen LogP contribution is 2.50. The van der Waals surface area contributed by atoms with Crippen molar-refractivity contribution in [3.63, 3.8) is 0 Å². The number of anilines is 1. The van der Waals surface area contributed by atoms with Crippen LogP contribution in [0.15, 0.2) is 77.3 Å². The summed E-state index contributed by atoms with van der Waals surface area (Å²) in [4.78, 5) is 11.8. The summed E-state index contributed by atoms with van der Waals surface area (Å²) >= 11 is 7.71. The monoisotopic (exact) mass is 700 g/mol. The molecule has 7 nitrogen and oxygen atoms in total. The van der Waals surface area contributed by atoms with Gasteiger partial charge in [0.1, 0.15) is 24.3 Å². The molecule has 2 N–H and O–H groups in total. The molecule has 9 heteroatoms. The van der Waals surface area contributed by atoms with Crippen LogP contribution in [-0.4, -0.2) is 40.6 Å². The predicted octanol–water partition coefficient (Wildman–Crippen LogP) is 9.56. The maximum Gasteiger partial charge on any atom is 0.174 e. The smallest absolute Gasteiger partial charge is 0.174 e. The minimum absolute atomic E-state index is 0.271. The Kier molecular flexibility index (Phi) is 12.7. The largest absolute Gasteiger partial charge is 0.486 e. The summed E-state index contributed by atoms with van der Waals surface area (Å²) in [6.07, 6.45) is 3.49. The molecule has 1 aliphatic heterocycles. The van der Waals surface area contributed by atoms with Crippen LogP contribution in [0.2, 0.25) is 5.02 Å². The molecule has 5 aromatic rings. The highest BCUT2D eigenvalue weighted by atomic mass is 35.5. The quantitative estimate of drug-likeness (QED) is 0.122. The second-order valence-electron chi connectivity index (χ2n) is 12.7. The number of nitrogens with zero attached hydrogens (tertiary/aromatic N) is 2. The lowest BCUT2D eigenvalue weighted by Crippen LogP contribution is -2.22. The van der Waals surface area contributed by atoms with Gasteiger partial charge in [-0.15, -0.1) is 0 Å². The molecule has 49 heavy (non-hydrogen) atoms. The molecule has 6 rings (SSSR count). The first-order valence-corrected chi connectivity index (χ1v) is 17.6. The van der Waals surface area contributed by atoms with Crippen LogP contribution in [-0.2, 0) is 24.4 Å². The van der Waals surface area contributed by atoms with E-state index in [1.54, 1.807) is 32.7 Å². The first-order valence-electron chi connectivity index (χ1n) is 16.0. The van der Waals surface area contributed by atoms with Gasteiger partial charge in [0, 0.05) is 42.0 Å². The Bertz CT molecular complexity index is 1870. The predicted molar refractivity (Wildman–Crippen MR) is 202 cm³/mol. The van der Waals surface area contributed by atoms with Crippen molar-refractivity contribution in [2.45, 2.75) is 66.7 Å². The maximum atomic E-state index is 11.8. The van der Waals surface area contributed by atoms with Crippen LogP contribution in [0.3, 0.4) is 0 Å². The molecule has 0 saturated heterocycles. The number of aldehydes is 1. The molecule has 1 aromatic heterocycles. The minimum atomic E-state index is -0.500. The summed E-state index contributed by atoms with van der Waals surface area (Å²) in [6, 6.07) is 24.3. The number of hydrogen-bond acceptors (Lipinski definition) is 8. The first-order chi connectivity index (χ1) is 23.4. The van der Waals surface area contributed by atoms with E-state index in [9.17, 15) is 4.79 Å². The maximum absolute atomic E-state index is 11.8. The van der Waals surface area contributed by atoms with E-state index in [4.69, 9.17) is 31.1 Å². The van der Waals surface area contributed by atoms with Gasteiger partial charge in [0.15, 0.2) is 5.76 Å². The van der Waals surface area contributed by atoms with Crippen molar-refractivity contribution >= 4 is 35.5 Å². The summed E-state index contributed by atoms with van der Waals surface area (Å²) in [6.45, 7) is 12.7. The van der Waals surface area contributed by atoms with E-state index in [0.29, 0.717) is 17.2 Å². The zero-order chi connectivity index (χ0) is 35.9. The molecule has 0 radical (unpaired) electrons. The topological polar surface area (TPSA) is 96.0 Å². The van der Waals surface area contributed by atoms with E-state index < -0.39 is 5.60 Å². The van der Waals surface area contributed by atoms with Gasteiger partial charge in [-0.05, 0) is 105 Å². The number of rotatable bonds is 8. The third-order valence-electron chi connectivity index (χ3n) is 7.93. The molecule has 0 atom stereocenters. The summed E-state index contributed by atoms with van der Waals surface area (Å²) < 4.78 is 14.0. The standard InChI is InChI=1S/C35H31ClN2O3S.C4H10O.CH4O/c1-21-5-7-25(8-6-21)33-23(3)34-31-14-13-28(17-26(31)19-38(42-4)35(34)22(2)30(33)15-16-39)40-20-29-18-32(37-41-29)24-9-11-27(36)12-10-24;1-4(2,3)5;1-2/h5-14,16-18H,15,19-20H2,1-4H3;5H,1-3H3;2H,1H3. The number of hydrogen-bond donors (Lipinski definition) is 2. The Morgan fingerprint density at radius 1 is 0.939 bits per heavy atom. The Balaban J connectivity index is 0.000000710. The number of halogens is 1. The lowest BCUT2D eigenvalue weighted by Gasteiger charge is -2.36. The number of fused-ring (bicyclic) bond motifs is 3. The molecular weight excluding hydrogens is 656 g/mol. The highest BCUT2D eigenvalue weighted by molar-refractivity contribution is 7.99. The fourth-order valence-electron chi connectivity index (χ4n) is 5.85. The first kappa shape index (κ1) is 37.7. The molecule has 258 valence electrons. The van der Waals surface area contributed by atoms with Gasteiger partial charge in [0.05, 0.1) is 17.8 Å². The number of aryl methyl sites for hydroxylation is 1. The lowest BCUT2D eigenvalue weighted by molar-refractivity contribution is -0.107. The van der Waals surface area contributed by atoms with Crippen LogP contribution in [0.5, 0.6) is 5.75 Å². The van der Waals surface area contributed by atoms with Crippen molar-refractivity contribution < 1.29 is 24.3 Å². The van der Waals surface area contributed by atoms with Crippen LogP contribution in [0.4, 0.5) is 5.69 Å². The zero-order valence-electron chi connectivity index (χ0n) is 29.4. The van der Waals surface area contributed by atoms with Gasteiger partial charge in [-0.1, -0.05) is 76.7 Å². The van der Waals surface area contributed by atoms with E-state index in [2.05, 4.69) is 72.9 Å². The van der Waals surface area contributed by atoms with Crippen molar-refractivity contribution in [1.29, 1.82) is 0 Å². The molecule has 2 heterocycles. The molecule has 0 fully saturated rings. The highest BCUT2D eigenvalue weighted by Gasteiger charge is 2.30. The van der Waals surface area contributed by atoms with Gasteiger partial charge < -0.3 is 28.6 Å². The van der Waals surface area contributed by atoms with E-state index >= 15 is 0 Å². The fourth-order valence-corrected chi connectivity index (χ4v) is 6.66. The average Bonchev–Trinajstić information content (AvgIpc) is 3.55.